The van der Waals surface area contributed by atoms with Crippen LogP contribution in [-0.4, -0.2) is 17.0 Å². The Labute approximate surface area is 127 Å². The van der Waals surface area contributed by atoms with Crippen LogP contribution < -0.4 is 5.32 Å². The fourth-order valence-electron chi connectivity index (χ4n) is 3.65. The summed E-state index contributed by atoms with van der Waals surface area (Å²) in [6.07, 6.45) is 5.58. The van der Waals surface area contributed by atoms with E-state index in [1.807, 2.05) is 36.6 Å². The highest BCUT2D eigenvalue weighted by atomic mass is 32.1. The number of hydrogen-bond donors (Lipinski definition) is 2. The molecule has 1 aromatic rings. The second-order valence-electron chi connectivity index (χ2n) is 5.82. The molecule has 3 rings (SSSR count). The molecule has 1 saturated carbocycles. The van der Waals surface area contributed by atoms with E-state index in [9.17, 15) is 14.7 Å². The van der Waals surface area contributed by atoms with Crippen molar-refractivity contribution in [2.75, 3.05) is 0 Å². The highest BCUT2D eigenvalue weighted by Crippen LogP contribution is 2.48. The van der Waals surface area contributed by atoms with E-state index in [-0.39, 0.29) is 23.8 Å². The van der Waals surface area contributed by atoms with Crippen molar-refractivity contribution in [3.8, 4) is 0 Å². The van der Waals surface area contributed by atoms with Crippen LogP contribution in [0.1, 0.15) is 30.7 Å². The summed E-state index contributed by atoms with van der Waals surface area (Å²) in [4.78, 5) is 25.2. The van der Waals surface area contributed by atoms with E-state index < -0.39 is 17.8 Å². The molecule has 5 atom stereocenters. The summed E-state index contributed by atoms with van der Waals surface area (Å²) in [7, 11) is 0. The van der Waals surface area contributed by atoms with Crippen LogP contribution in [0.15, 0.2) is 29.7 Å². The third-order valence-electron chi connectivity index (χ3n) is 4.66. The molecule has 3 unspecified atom stereocenters. The monoisotopic (exact) mass is 305 g/mol. The molecule has 0 aromatic carbocycles. The van der Waals surface area contributed by atoms with Crippen molar-refractivity contribution in [1.29, 1.82) is 0 Å². The predicted octanol–water partition coefficient (Wildman–Crippen LogP) is 2.84. The minimum Gasteiger partial charge on any atom is -0.481 e. The summed E-state index contributed by atoms with van der Waals surface area (Å²) in [5.74, 6) is -1.86. The first-order chi connectivity index (χ1) is 10.1. The van der Waals surface area contributed by atoms with E-state index in [0.29, 0.717) is 0 Å². The largest absolute Gasteiger partial charge is 0.481 e. The van der Waals surface area contributed by atoms with Crippen molar-refractivity contribution in [2.24, 2.45) is 23.7 Å². The molecule has 2 aliphatic rings. The average Bonchev–Trinajstić information content (AvgIpc) is 3.18. The zero-order valence-electron chi connectivity index (χ0n) is 11.9. The van der Waals surface area contributed by atoms with E-state index >= 15 is 0 Å². The lowest BCUT2D eigenvalue weighted by atomic mass is 9.82. The number of carboxylic acids is 1. The third kappa shape index (κ3) is 2.50. The summed E-state index contributed by atoms with van der Waals surface area (Å²) in [6.45, 7) is 2.03. The molecular formula is C16H19NO3S. The van der Waals surface area contributed by atoms with Crippen molar-refractivity contribution < 1.29 is 14.7 Å². The number of allylic oxidation sites excluding steroid dienone is 2. The van der Waals surface area contributed by atoms with Gasteiger partial charge in [0.25, 0.3) is 0 Å². The quantitative estimate of drug-likeness (QED) is 0.822. The van der Waals surface area contributed by atoms with Gasteiger partial charge in [0.05, 0.1) is 17.9 Å². The number of hydrogen-bond acceptors (Lipinski definition) is 3. The number of aliphatic carboxylic acids is 1. The zero-order valence-corrected chi connectivity index (χ0v) is 12.7. The first-order valence-electron chi connectivity index (χ1n) is 7.36. The normalized spacial score (nSPS) is 31.3. The number of rotatable bonds is 5. The average molecular weight is 305 g/mol. The topological polar surface area (TPSA) is 66.4 Å². The van der Waals surface area contributed by atoms with Gasteiger partial charge in [-0.2, -0.15) is 0 Å². The minimum atomic E-state index is -0.851. The summed E-state index contributed by atoms with van der Waals surface area (Å²) in [5, 5.41) is 14.5. The zero-order chi connectivity index (χ0) is 15.0. The van der Waals surface area contributed by atoms with Gasteiger partial charge in [-0.3, -0.25) is 9.59 Å². The van der Waals surface area contributed by atoms with Crippen LogP contribution in [0.2, 0.25) is 0 Å². The lowest BCUT2D eigenvalue weighted by molar-refractivity contribution is -0.148. The maximum absolute atomic E-state index is 12.6. The molecule has 5 heteroatoms. The number of carbonyl (C=O) groups is 2. The van der Waals surface area contributed by atoms with E-state index in [4.69, 9.17) is 0 Å². The molecule has 0 radical (unpaired) electrons. The number of amides is 1. The molecular weight excluding hydrogens is 286 g/mol. The second kappa shape index (κ2) is 5.64. The number of nitrogens with one attached hydrogen (secondary N) is 1. The van der Waals surface area contributed by atoms with E-state index in [2.05, 4.69) is 5.32 Å². The molecule has 2 bridgehead atoms. The Balaban J connectivity index is 1.75. The fourth-order valence-corrected chi connectivity index (χ4v) is 4.51. The number of carboxylic acid groups (broad SMARTS) is 1. The summed E-state index contributed by atoms with van der Waals surface area (Å²) in [5.41, 5.74) is 0. The van der Waals surface area contributed by atoms with Crippen LogP contribution in [0.4, 0.5) is 0 Å². The van der Waals surface area contributed by atoms with Crippen molar-refractivity contribution in [3.05, 3.63) is 34.5 Å². The van der Waals surface area contributed by atoms with Crippen LogP contribution in [0.5, 0.6) is 0 Å². The highest BCUT2D eigenvalue weighted by molar-refractivity contribution is 7.10. The van der Waals surface area contributed by atoms with Crippen molar-refractivity contribution >= 4 is 23.2 Å². The van der Waals surface area contributed by atoms with Gasteiger partial charge >= 0.3 is 5.97 Å². The van der Waals surface area contributed by atoms with Crippen LogP contribution in [0, 0.1) is 23.7 Å². The summed E-state index contributed by atoms with van der Waals surface area (Å²) in [6, 6.07) is 3.96. The minimum absolute atomic E-state index is 0.0185. The number of fused-ring (bicyclic) bond motifs is 2. The van der Waals surface area contributed by atoms with Crippen molar-refractivity contribution in [3.63, 3.8) is 0 Å². The van der Waals surface area contributed by atoms with Gasteiger partial charge in [0, 0.05) is 4.88 Å². The maximum Gasteiger partial charge on any atom is 0.307 e. The van der Waals surface area contributed by atoms with E-state index in [0.717, 1.165) is 17.7 Å². The lowest BCUT2D eigenvalue weighted by Crippen LogP contribution is -2.41. The standard InChI is InChI=1S/C16H19NO3S/c1-2-11(12-4-3-7-21-12)17-15(18)13-9-5-6-10(8-9)14(13)16(19)20/h3-7,9-11,13-14H,2,8H2,1H3,(H,17,18)(H,19,20)/t9?,10?,11?,13-,14+/m0/s1. The van der Waals surface area contributed by atoms with Gasteiger partial charge in [-0.05, 0) is 36.1 Å². The summed E-state index contributed by atoms with van der Waals surface area (Å²) >= 11 is 1.62. The molecule has 1 amide bonds. The van der Waals surface area contributed by atoms with Gasteiger partial charge in [-0.1, -0.05) is 25.1 Å². The lowest BCUT2D eigenvalue weighted by Gasteiger charge is -2.26. The molecule has 2 N–H and O–H groups in total. The highest BCUT2D eigenvalue weighted by Gasteiger charge is 2.51. The first-order valence-corrected chi connectivity index (χ1v) is 8.24. The Kier molecular flexibility index (Phi) is 3.85. The van der Waals surface area contributed by atoms with Gasteiger partial charge in [0.15, 0.2) is 0 Å². The van der Waals surface area contributed by atoms with Crippen LogP contribution >= 0.6 is 11.3 Å². The maximum atomic E-state index is 12.6. The van der Waals surface area contributed by atoms with Gasteiger partial charge in [0.1, 0.15) is 0 Å². The molecule has 0 spiro atoms. The van der Waals surface area contributed by atoms with E-state index in [1.165, 1.54) is 0 Å². The Morgan fingerprint density at radius 3 is 2.67 bits per heavy atom. The van der Waals surface area contributed by atoms with Gasteiger partial charge in [0.2, 0.25) is 5.91 Å². The Morgan fingerprint density at radius 1 is 1.38 bits per heavy atom. The second-order valence-corrected chi connectivity index (χ2v) is 6.80. The van der Waals surface area contributed by atoms with Crippen LogP contribution in [0.25, 0.3) is 0 Å². The molecule has 21 heavy (non-hydrogen) atoms. The molecule has 1 heterocycles. The van der Waals surface area contributed by atoms with E-state index in [1.54, 1.807) is 11.3 Å². The molecule has 0 aliphatic heterocycles. The SMILES string of the molecule is CCC(NC(=O)[C@H]1C2C=CC(C2)[C@H]1C(=O)O)c1cccs1. The predicted molar refractivity (Wildman–Crippen MR) is 80.8 cm³/mol. The molecule has 0 saturated heterocycles. The Hall–Kier alpha value is -1.62. The summed E-state index contributed by atoms with van der Waals surface area (Å²) < 4.78 is 0. The molecule has 112 valence electrons. The first kappa shape index (κ1) is 14.3. The van der Waals surface area contributed by atoms with Gasteiger partial charge in [-0.15, -0.1) is 11.3 Å². The Morgan fingerprint density at radius 2 is 2.10 bits per heavy atom. The van der Waals surface area contributed by atoms with Crippen molar-refractivity contribution in [2.45, 2.75) is 25.8 Å². The number of thiophene rings is 1. The van der Waals surface area contributed by atoms with Crippen LogP contribution in [0.3, 0.4) is 0 Å². The molecule has 2 aliphatic carbocycles. The Bertz CT molecular complexity index is 566. The van der Waals surface area contributed by atoms with Crippen LogP contribution in [-0.2, 0) is 9.59 Å². The fraction of sp³-hybridized carbons (Fsp3) is 0.500. The molecule has 1 aromatic heterocycles. The van der Waals surface area contributed by atoms with Gasteiger partial charge in [-0.25, -0.2) is 0 Å². The molecule has 1 fully saturated rings. The smallest absolute Gasteiger partial charge is 0.307 e. The van der Waals surface area contributed by atoms with Crippen molar-refractivity contribution in [1.82, 2.24) is 5.32 Å². The molecule has 4 nitrogen and oxygen atoms in total. The third-order valence-corrected chi connectivity index (χ3v) is 5.64. The number of carbonyl (C=O) groups excluding carboxylic acids is 1. The van der Waals surface area contributed by atoms with Gasteiger partial charge < -0.3 is 10.4 Å².